The Labute approximate surface area is 181 Å². The molecule has 2 aromatic rings. The third kappa shape index (κ3) is 4.52. The van der Waals surface area contributed by atoms with Crippen LogP contribution in [0.1, 0.15) is 29.5 Å². The fraction of sp³-hybridized carbons (Fsp3) is 0.565. The van der Waals surface area contributed by atoms with E-state index in [0.717, 1.165) is 18.4 Å². The molecule has 3 N–H and O–H groups in total. The number of nitrogens with one attached hydrogen (secondary N) is 2. The van der Waals surface area contributed by atoms with E-state index in [1.165, 1.54) is 11.1 Å². The molecule has 1 aromatic heterocycles. The number of ether oxygens (including phenoxy) is 2. The van der Waals surface area contributed by atoms with E-state index in [2.05, 4.69) is 40.0 Å². The molecule has 166 valence electrons. The van der Waals surface area contributed by atoms with Gasteiger partial charge < -0.3 is 25.2 Å². The summed E-state index contributed by atoms with van der Waals surface area (Å²) in [5.41, 5.74) is 3.76. The van der Waals surface area contributed by atoms with Gasteiger partial charge in [-0.05, 0) is 24.0 Å². The number of nitrogens with zero attached hydrogens (tertiary/aromatic N) is 2. The van der Waals surface area contributed by atoms with Gasteiger partial charge in [-0.1, -0.05) is 24.3 Å². The SMILES string of the molecule is Cn1cc(CNC(=O)CC2CC3OC(CNC4Cc5ccccc5C4)C(O)C3O2)cn1. The van der Waals surface area contributed by atoms with Crippen LogP contribution in [-0.2, 0) is 40.7 Å². The highest BCUT2D eigenvalue weighted by Gasteiger charge is 2.50. The minimum Gasteiger partial charge on any atom is -0.388 e. The van der Waals surface area contributed by atoms with Crippen molar-refractivity contribution < 1.29 is 19.4 Å². The third-order valence-corrected chi connectivity index (χ3v) is 6.60. The molecule has 0 radical (unpaired) electrons. The van der Waals surface area contributed by atoms with Gasteiger partial charge in [0, 0.05) is 44.4 Å². The first kappa shape index (κ1) is 20.6. The first-order valence-corrected chi connectivity index (χ1v) is 11.1. The highest BCUT2D eigenvalue weighted by molar-refractivity contribution is 5.76. The molecule has 2 saturated heterocycles. The van der Waals surface area contributed by atoms with Gasteiger partial charge in [0.1, 0.15) is 12.2 Å². The van der Waals surface area contributed by atoms with Gasteiger partial charge in [-0.15, -0.1) is 0 Å². The zero-order valence-corrected chi connectivity index (χ0v) is 17.7. The van der Waals surface area contributed by atoms with E-state index in [9.17, 15) is 9.90 Å². The summed E-state index contributed by atoms with van der Waals surface area (Å²) in [6.07, 6.45) is 4.85. The summed E-state index contributed by atoms with van der Waals surface area (Å²) in [5.74, 6) is -0.0673. The average molecular weight is 427 g/mol. The molecule has 3 heterocycles. The number of hydrogen-bond donors (Lipinski definition) is 3. The Hall–Kier alpha value is -2.26. The first-order chi connectivity index (χ1) is 15.0. The summed E-state index contributed by atoms with van der Waals surface area (Å²) in [4.78, 5) is 12.3. The van der Waals surface area contributed by atoms with Gasteiger partial charge in [0.05, 0.1) is 30.9 Å². The quantitative estimate of drug-likeness (QED) is 0.596. The zero-order chi connectivity index (χ0) is 21.4. The molecular formula is C23H30N4O4. The van der Waals surface area contributed by atoms with E-state index in [1.54, 1.807) is 10.9 Å². The van der Waals surface area contributed by atoms with Crippen LogP contribution >= 0.6 is 0 Å². The van der Waals surface area contributed by atoms with Gasteiger partial charge in [-0.3, -0.25) is 9.48 Å². The minimum absolute atomic E-state index is 0.0673. The number of carbonyl (C=O) groups excluding carboxylic acids is 1. The summed E-state index contributed by atoms with van der Waals surface area (Å²) in [6, 6.07) is 8.91. The average Bonchev–Trinajstić information content (AvgIpc) is 3.50. The lowest BCUT2D eigenvalue weighted by Gasteiger charge is -2.22. The largest absolute Gasteiger partial charge is 0.388 e. The molecular weight excluding hydrogens is 396 g/mol. The number of aryl methyl sites for hydroxylation is 1. The Morgan fingerprint density at radius 2 is 2.03 bits per heavy atom. The van der Waals surface area contributed by atoms with Crippen LogP contribution in [-0.4, -0.2) is 63.9 Å². The van der Waals surface area contributed by atoms with Crippen LogP contribution in [0, 0.1) is 0 Å². The van der Waals surface area contributed by atoms with Crippen molar-refractivity contribution in [3.63, 3.8) is 0 Å². The monoisotopic (exact) mass is 426 g/mol. The number of aromatic nitrogens is 2. The zero-order valence-electron chi connectivity index (χ0n) is 17.7. The molecule has 5 unspecified atom stereocenters. The Morgan fingerprint density at radius 1 is 1.26 bits per heavy atom. The van der Waals surface area contributed by atoms with Gasteiger partial charge >= 0.3 is 0 Å². The third-order valence-electron chi connectivity index (χ3n) is 6.60. The van der Waals surface area contributed by atoms with Crippen LogP contribution in [0.15, 0.2) is 36.7 Å². The molecule has 31 heavy (non-hydrogen) atoms. The van der Waals surface area contributed by atoms with Crippen LogP contribution in [0.25, 0.3) is 0 Å². The van der Waals surface area contributed by atoms with Crippen LogP contribution in [0.3, 0.4) is 0 Å². The van der Waals surface area contributed by atoms with Crippen molar-refractivity contribution in [3.8, 4) is 0 Å². The molecule has 1 aromatic carbocycles. The minimum atomic E-state index is -0.676. The van der Waals surface area contributed by atoms with Crippen molar-refractivity contribution in [3.05, 3.63) is 53.3 Å². The molecule has 2 aliphatic heterocycles. The van der Waals surface area contributed by atoms with Crippen LogP contribution in [0.4, 0.5) is 0 Å². The molecule has 0 bridgehead atoms. The summed E-state index contributed by atoms with van der Waals surface area (Å²) in [7, 11) is 1.84. The maximum Gasteiger partial charge on any atom is 0.222 e. The van der Waals surface area contributed by atoms with E-state index >= 15 is 0 Å². The van der Waals surface area contributed by atoms with Crippen molar-refractivity contribution in [2.75, 3.05) is 6.54 Å². The summed E-state index contributed by atoms with van der Waals surface area (Å²) in [6.45, 7) is 1.05. The summed E-state index contributed by atoms with van der Waals surface area (Å²) >= 11 is 0. The highest BCUT2D eigenvalue weighted by atomic mass is 16.6. The second kappa shape index (κ2) is 8.70. The first-order valence-electron chi connectivity index (χ1n) is 11.1. The van der Waals surface area contributed by atoms with Gasteiger partial charge in [-0.25, -0.2) is 0 Å². The lowest BCUT2D eigenvalue weighted by molar-refractivity contribution is -0.124. The summed E-state index contributed by atoms with van der Waals surface area (Å²) < 4.78 is 13.8. The Morgan fingerprint density at radius 3 is 2.71 bits per heavy atom. The van der Waals surface area contributed by atoms with E-state index in [1.807, 2.05) is 13.2 Å². The predicted molar refractivity (Wildman–Crippen MR) is 113 cm³/mol. The fourth-order valence-electron chi connectivity index (χ4n) is 5.04. The molecule has 3 aliphatic rings. The maximum absolute atomic E-state index is 12.3. The van der Waals surface area contributed by atoms with E-state index in [0.29, 0.717) is 25.6 Å². The number of aliphatic hydroxyl groups is 1. The van der Waals surface area contributed by atoms with Gasteiger partial charge in [0.2, 0.25) is 5.91 Å². The topological polar surface area (TPSA) is 97.6 Å². The number of fused-ring (bicyclic) bond motifs is 2. The number of benzene rings is 1. The number of rotatable bonds is 7. The van der Waals surface area contributed by atoms with Crippen molar-refractivity contribution in [2.45, 2.75) is 68.8 Å². The maximum atomic E-state index is 12.3. The van der Waals surface area contributed by atoms with Crippen LogP contribution < -0.4 is 10.6 Å². The molecule has 1 aliphatic carbocycles. The fourth-order valence-corrected chi connectivity index (χ4v) is 5.04. The molecule has 1 amide bonds. The Bertz CT molecular complexity index is 907. The molecule has 5 rings (SSSR count). The lowest BCUT2D eigenvalue weighted by Crippen LogP contribution is -2.42. The predicted octanol–water partition coefficient (Wildman–Crippen LogP) is 0.469. The van der Waals surface area contributed by atoms with Gasteiger partial charge in [0.15, 0.2) is 0 Å². The highest BCUT2D eigenvalue weighted by Crippen LogP contribution is 2.35. The molecule has 5 atom stereocenters. The molecule has 0 spiro atoms. The second-order valence-electron chi connectivity index (χ2n) is 8.95. The molecule has 8 nitrogen and oxygen atoms in total. The van der Waals surface area contributed by atoms with Gasteiger partial charge in [-0.2, -0.15) is 5.10 Å². The second-order valence-corrected chi connectivity index (χ2v) is 8.95. The van der Waals surface area contributed by atoms with Crippen LogP contribution in [0.5, 0.6) is 0 Å². The normalized spacial score (nSPS) is 29.8. The van der Waals surface area contributed by atoms with Crippen LogP contribution in [0.2, 0.25) is 0 Å². The molecule has 0 saturated carbocycles. The van der Waals surface area contributed by atoms with E-state index in [4.69, 9.17) is 9.47 Å². The number of carbonyl (C=O) groups is 1. The van der Waals surface area contributed by atoms with Crippen molar-refractivity contribution in [1.82, 2.24) is 20.4 Å². The number of hydrogen-bond acceptors (Lipinski definition) is 6. The van der Waals surface area contributed by atoms with Crippen molar-refractivity contribution in [2.24, 2.45) is 7.05 Å². The standard InChI is InChI=1S/C23H30N4O4/c1-27-13-14(11-26-27)10-25-21(28)9-18-8-19-23(30-18)22(29)20(31-19)12-24-17-6-15-4-2-3-5-16(15)7-17/h2-5,11,13,17-20,22-24,29H,6-10,12H2,1H3,(H,25,28). The number of amides is 1. The summed E-state index contributed by atoms with van der Waals surface area (Å²) in [5, 5.41) is 21.3. The smallest absolute Gasteiger partial charge is 0.222 e. The number of aliphatic hydroxyl groups excluding tert-OH is 1. The lowest BCUT2D eigenvalue weighted by atomic mass is 10.1. The van der Waals surface area contributed by atoms with E-state index < -0.39 is 6.10 Å². The molecule has 8 heteroatoms. The Kier molecular flexibility index (Phi) is 5.79. The van der Waals surface area contributed by atoms with Gasteiger partial charge in [0.25, 0.3) is 0 Å². The van der Waals surface area contributed by atoms with E-state index in [-0.39, 0.29) is 36.7 Å². The molecule has 2 fully saturated rings. The Balaban J connectivity index is 1.05. The van der Waals surface area contributed by atoms with Crippen molar-refractivity contribution in [1.29, 1.82) is 0 Å². The van der Waals surface area contributed by atoms with Crippen molar-refractivity contribution >= 4 is 5.91 Å².